The lowest BCUT2D eigenvalue weighted by Crippen LogP contribution is -2.30. The minimum absolute atomic E-state index is 0.0692. The molecule has 0 aromatic carbocycles. The highest BCUT2D eigenvalue weighted by atomic mass is 19.1. The second-order valence-electron chi connectivity index (χ2n) is 8.31. The van der Waals surface area contributed by atoms with Crippen LogP contribution in [0.4, 0.5) is 10.3 Å². The van der Waals surface area contributed by atoms with E-state index < -0.39 is 5.67 Å². The number of nitrogens with one attached hydrogen (secondary N) is 1. The van der Waals surface area contributed by atoms with E-state index in [0.717, 1.165) is 42.5 Å². The Balaban J connectivity index is 1.54. The number of aryl methyl sites for hydroxylation is 1. The van der Waals surface area contributed by atoms with Crippen LogP contribution < -0.4 is 5.32 Å². The number of pyridine rings is 1. The van der Waals surface area contributed by atoms with Crippen molar-refractivity contribution in [3.8, 4) is 0 Å². The van der Waals surface area contributed by atoms with Crippen molar-refractivity contribution in [3.05, 3.63) is 17.8 Å². The van der Waals surface area contributed by atoms with Crippen molar-refractivity contribution in [1.82, 2.24) is 14.5 Å². The van der Waals surface area contributed by atoms with Crippen LogP contribution in [0.5, 0.6) is 0 Å². The van der Waals surface area contributed by atoms with E-state index in [1.807, 2.05) is 19.1 Å². The molecule has 2 fully saturated rings. The van der Waals surface area contributed by atoms with Crippen LogP contribution >= 0.6 is 0 Å². The van der Waals surface area contributed by atoms with Gasteiger partial charge in [-0.05, 0) is 76.8 Å². The molecular formula is C20H27FN4O. The largest absolute Gasteiger partial charge is 0.296 e. The molecule has 0 aliphatic heterocycles. The van der Waals surface area contributed by atoms with Gasteiger partial charge in [0.2, 0.25) is 11.9 Å². The Morgan fingerprint density at radius 2 is 2.12 bits per heavy atom. The topological polar surface area (TPSA) is 59.8 Å². The normalized spacial score (nSPS) is 26.7. The molecule has 0 radical (unpaired) electrons. The van der Waals surface area contributed by atoms with E-state index in [2.05, 4.69) is 19.9 Å². The van der Waals surface area contributed by atoms with Crippen LogP contribution in [0.1, 0.15) is 70.0 Å². The monoisotopic (exact) mass is 358 g/mol. The van der Waals surface area contributed by atoms with Crippen LogP contribution in [0.3, 0.4) is 0 Å². The zero-order chi connectivity index (χ0) is 18.3. The molecule has 6 heteroatoms. The van der Waals surface area contributed by atoms with Crippen LogP contribution in [0, 0.1) is 12.8 Å². The van der Waals surface area contributed by atoms with Gasteiger partial charge in [0, 0.05) is 18.2 Å². The zero-order valence-electron chi connectivity index (χ0n) is 15.6. The fourth-order valence-corrected chi connectivity index (χ4v) is 4.32. The molecule has 2 atom stereocenters. The lowest BCUT2D eigenvalue weighted by molar-refractivity contribution is -0.117. The molecule has 0 saturated heterocycles. The van der Waals surface area contributed by atoms with Crippen molar-refractivity contribution in [2.24, 2.45) is 5.92 Å². The standard InChI is InChI=1S/C20H27FN4O/c1-13-8-9-16-18(22-13)25(15-6-3-7-15)19(23-16)24-17(26)11-14-5-4-10-20(2,21)12-14/h8-9,14-15H,3-7,10-12H2,1-2H3,(H,23,24,26). The first-order chi connectivity index (χ1) is 12.4. The zero-order valence-corrected chi connectivity index (χ0v) is 15.6. The molecule has 26 heavy (non-hydrogen) atoms. The number of carbonyl (C=O) groups is 1. The average Bonchev–Trinajstić information content (AvgIpc) is 2.82. The van der Waals surface area contributed by atoms with Gasteiger partial charge in [-0.3, -0.25) is 14.7 Å². The van der Waals surface area contributed by atoms with Crippen molar-refractivity contribution in [3.63, 3.8) is 0 Å². The van der Waals surface area contributed by atoms with Crippen molar-refractivity contribution >= 4 is 23.0 Å². The van der Waals surface area contributed by atoms with E-state index in [1.54, 1.807) is 6.92 Å². The molecule has 5 nitrogen and oxygen atoms in total. The predicted molar refractivity (Wildman–Crippen MR) is 99.9 cm³/mol. The number of alkyl halides is 1. The first kappa shape index (κ1) is 17.4. The van der Waals surface area contributed by atoms with E-state index >= 15 is 0 Å². The maximum Gasteiger partial charge on any atom is 0.226 e. The SMILES string of the molecule is Cc1ccc2nc(NC(=O)CC3CCCC(C)(F)C3)n(C3CCC3)c2n1. The van der Waals surface area contributed by atoms with Crippen LogP contribution in [-0.4, -0.2) is 26.1 Å². The second kappa shape index (κ2) is 6.63. The van der Waals surface area contributed by atoms with Gasteiger partial charge in [-0.15, -0.1) is 0 Å². The van der Waals surface area contributed by atoms with Gasteiger partial charge in [-0.2, -0.15) is 0 Å². The predicted octanol–water partition coefficient (Wildman–Crippen LogP) is 4.71. The molecule has 140 valence electrons. The minimum Gasteiger partial charge on any atom is -0.296 e. The Morgan fingerprint density at radius 1 is 1.31 bits per heavy atom. The average molecular weight is 358 g/mol. The van der Waals surface area contributed by atoms with E-state index in [-0.39, 0.29) is 11.8 Å². The quantitative estimate of drug-likeness (QED) is 0.861. The van der Waals surface area contributed by atoms with Crippen molar-refractivity contribution in [2.75, 3.05) is 5.32 Å². The number of halogens is 1. The smallest absolute Gasteiger partial charge is 0.226 e. The number of anilines is 1. The van der Waals surface area contributed by atoms with Crippen LogP contribution in [0.25, 0.3) is 11.2 Å². The van der Waals surface area contributed by atoms with Gasteiger partial charge in [0.1, 0.15) is 11.2 Å². The van der Waals surface area contributed by atoms with Crippen LogP contribution in [0.2, 0.25) is 0 Å². The van der Waals surface area contributed by atoms with Gasteiger partial charge in [0.15, 0.2) is 5.65 Å². The summed E-state index contributed by atoms with van der Waals surface area (Å²) in [6.07, 6.45) is 6.59. The van der Waals surface area contributed by atoms with Gasteiger partial charge >= 0.3 is 0 Å². The third kappa shape index (κ3) is 3.46. The highest BCUT2D eigenvalue weighted by Crippen LogP contribution is 2.38. The molecule has 2 aliphatic rings. The molecular weight excluding hydrogens is 331 g/mol. The summed E-state index contributed by atoms with van der Waals surface area (Å²) < 4.78 is 16.3. The summed E-state index contributed by atoms with van der Waals surface area (Å²) in [7, 11) is 0. The Morgan fingerprint density at radius 3 is 2.81 bits per heavy atom. The molecule has 0 spiro atoms. The molecule has 4 rings (SSSR count). The van der Waals surface area contributed by atoms with Gasteiger partial charge in [-0.1, -0.05) is 0 Å². The Labute approximate surface area is 153 Å². The van der Waals surface area contributed by atoms with E-state index in [1.165, 1.54) is 6.42 Å². The minimum atomic E-state index is -1.14. The maximum atomic E-state index is 14.2. The van der Waals surface area contributed by atoms with E-state index in [4.69, 9.17) is 0 Å². The van der Waals surface area contributed by atoms with Crippen molar-refractivity contribution in [2.45, 2.75) is 76.9 Å². The molecule has 1 N–H and O–H groups in total. The Bertz CT molecular complexity index is 825. The number of aromatic nitrogens is 3. The molecule has 2 heterocycles. The van der Waals surface area contributed by atoms with Gasteiger partial charge in [0.05, 0.1) is 0 Å². The van der Waals surface area contributed by atoms with Crippen molar-refractivity contribution in [1.29, 1.82) is 0 Å². The summed E-state index contributed by atoms with van der Waals surface area (Å²) in [5.74, 6) is 0.632. The van der Waals surface area contributed by atoms with Crippen LogP contribution in [0.15, 0.2) is 12.1 Å². The number of nitrogens with zero attached hydrogens (tertiary/aromatic N) is 3. The number of amides is 1. The molecule has 1 amide bonds. The maximum absolute atomic E-state index is 14.2. The number of imidazole rings is 1. The number of carbonyl (C=O) groups excluding carboxylic acids is 1. The van der Waals surface area contributed by atoms with Gasteiger partial charge in [0.25, 0.3) is 0 Å². The van der Waals surface area contributed by atoms with Crippen molar-refractivity contribution < 1.29 is 9.18 Å². The Hall–Kier alpha value is -1.98. The highest BCUT2D eigenvalue weighted by molar-refractivity contribution is 5.91. The van der Waals surface area contributed by atoms with Gasteiger partial charge in [-0.25, -0.2) is 14.4 Å². The summed E-state index contributed by atoms with van der Waals surface area (Å²) >= 11 is 0. The second-order valence-corrected chi connectivity index (χ2v) is 8.31. The molecule has 2 aliphatic carbocycles. The molecule has 2 saturated carbocycles. The fourth-order valence-electron chi connectivity index (χ4n) is 4.32. The first-order valence-electron chi connectivity index (χ1n) is 9.76. The highest BCUT2D eigenvalue weighted by Gasteiger charge is 2.33. The number of hydrogen-bond donors (Lipinski definition) is 1. The molecule has 0 bridgehead atoms. The summed E-state index contributed by atoms with van der Waals surface area (Å²) in [4.78, 5) is 21.9. The fraction of sp³-hybridized carbons (Fsp3) is 0.650. The first-order valence-corrected chi connectivity index (χ1v) is 9.76. The summed E-state index contributed by atoms with van der Waals surface area (Å²) in [5, 5.41) is 2.99. The lowest BCUT2D eigenvalue weighted by atomic mass is 9.79. The molecule has 2 aromatic heterocycles. The third-order valence-electron chi connectivity index (χ3n) is 5.87. The summed E-state index contributed by atoms with van der Waals surface area (Å²) in [6, 6.07) is 4.25. The lowest BCUT2D eigenvalue weighted by Gasteiger charge is -2.31. The number of fused-ring (bicyclic) bond motifs is 1. The van der Waals surface area contributed by atoms with Crippen LogP contribution in [-0.2, 0) is 4.79 Å². The molecule has 2 aromatic rings. The number of rotatable bonds is 4. The van der Waals surface area contributed by atoms with E-state index in [0.29, 0.717) is 31.3 Å². The summed E-state index contributed by atoms with van der Waals surface area (Å²) in [5.41, 5.74) is 1.47. The summed E-state index contributed by atoms with van der Waals surface area (Å²) in [6.45, 7) is 3.62. The van der Waals surface area contributed by atoms with E-state index in [9.17, 15) is 9.18 Å². The molecule has 2 unspecified atom stereocenters. The third-order valence-corrected chi connectivity index (χ3v) is 5.87. The number of hydrogen-bond acceptors (Lipinski definition) is 3. The Kier molecular flexibility index (Phi) is 4.45. The van der Waals surface area contributed by atoms with Gasteiger partial charge < -0.3 is 0 Å².